The van der Waals surface area contributed by atoms with Crippen LogP contribution >= 0.6 is 0 Å². The molecule has 0 unspecified atom stereocenters. The third-order valence-corrected chi connectivity index (χ3v) is 5.51. The highest BCUT2D eigenvalue weighted by Gasteiger charge is 2.14. The van der Waals surface area contributed by atoms with Crippen molar-refractivity contribution >= 4 is 10.0 Å². The molecule has 0 radical (unpaired) electrons. The maximum Gasteiger partial charge on any atom is 0.240 e. The quantitative estimate of drug-likeness (QED) is 0.601. The SMILES string of the molecule is CCc1ccc(Cn2nnc(-c3ccc(S(=O)(=O)NCCO)cc3)n2)cc1. The summed E-state index contributed by atoms with van der Waals surface area (Å²) in [4.78, 5) is 1.62. The highest BCUT2D eigenvalue weighted by Crippen LogP contribution is 2.17. The summed E-state index contributed by atoms with van der Waals surface area (Å²) in [5.74, 6) is 0.424. The van der Waals surface area contributed by atoms with Crippen LogP contribution in [0.1, 0.15) is 18.1 Å². The molecule has 0 bridgehead atoms. The van der Waals surface area contributed by atoms with Crippen LogP contribution in [0.5, 0.6) is 0 Å². The fraction of sp³-hybridized carbons (Fsp3) is 0.278. The second-order valence-electron chi connectivity index (χ2n) is 5.96. The minimum absolute atomic E-state index is 0.0286. The van der Waals surface area contributed by atoms with Crippen molar-refractivity contribution in [1.82, 2.24) is 24.9 Å². The molecule has 0 amide bonds. The Kier molecular flexibility index (Phi) is 5.94. The van der Waals surface area contributed by atoms with Crippen LogP contribution in [0.4, 0.5) is 0 Å². The molecule has 0 fully saturated rings. The molecule has 142 valence electrons. The minimum Gasteiger partial charge on any atom is -0.395 e. The molecule has 8 nitrogen and oxygen atoms in total. The van der Waals surface area contributed by atoms with Gasteiger partial charge in [0, 0.05) is 12.1 Å². The number of benzene rings is 2. The van der Waals surface area contributed by atoms with E-state index in [2.05, 4.69) is 39.2 Å². The molecule has 27 heavy (non-hydrogen) atoms. The molecule has 0 spiro atoms. The first-order valence-electron chi connectivity index (χ1n) is 8.58. The van der Waals surface area contributed by atoms with Gasteiger partial charge in [-0.25, -0.2) is 13.1 Å². The maximum absolute atomic E-state index is 12.0. The summed E-state index contributed by atoms with van der Waals surface area (Å²) >= 11 is 0. The Morgan fingerprint density at radius 3 is 2.33 bits per heavy atom. The molecule has 2 N–H and O–H groups in total. The summed E-state index contributed by atoms with van der Waals surface area (Å²) in [5.41, 5.74) is 3.02. The second kappa shape index (κ2) is 8.38. The van der Waals surface area contributed by atoms with Gasteiger partial charge >= 0.3 is 0 Å². The summed E-state index contributed by atoms with van der Waals surface area (Å²) in [6, 6.07) is 14.4. The molecule has 3 aromatic rings. The normalized spacial score (nSPS) is 11.6. The molecular weight excluding hydrogens is 366 g/mol. The Morgan fingerprint density at radius 2 is 1.70 bits per heavy atom. The predicted octanol–water partition coefficient (Wildman–Crippen LogP) is 1.22. The van der Waals surface area contributed by atoms with Gasteiger partial charge in [0.2, 0.25) is 15.8 Å². The number of hydrogen-bond acceptors (Lipinski definition) is 6. The van der Waals surface area contributed by atoms with Crippen molar-refractivity contribution in [2.45, 2.75) is 24.8 Å². The monoisotopic (exact) mass is 387 g/mol. The highest BCUT2D eigenvalue weighted by molar-refractivity contribution is 7.89. The maximum atomic E-state index is 12.0. The number of aryl methyl sites for hydroxylation is 1. The van der Waals surface area contributed by atoms with E-state index in [9.17, 15) is 8.42 Å². The van der Waals surface area contributed by atoms with Crippen LogP contribution < -0.4 is 4.72 Å². The highest BCUT2D eigenvalue weighted by atomic mass is 32.2. The van der Waals surface area contributed by atoms with E-state index in [1.54, 1.807) is 12.1 Å². The van der Waals surface area contributed by atoms with Gasteiger partial charge in [-0.1, -0.05) is 31.2 Å². The number of rotatable bonds is 8. The molecule has 0 aliphatic heterocycles. The number of hydrogen-bond donors (Lipinski definition) is 2. The molecular formula is C18H21N5O3S. The number of aliphatic hydroxyl groups excluding tert-OH is 1. The van der Waals surface area contributed by atoms with E-state index in [1.165, 1.54) is 22.5 Å². The van der Waals surface area contributed by atoms with Crippen LogP contribution in [0.2, 0.25) is 0 Å². The molecule has 2 aromatic carbocycles. The van der Waals surface area contributed by atoms with Crippen molar-refractivity contribution in [3.8, 4) is 11.4 Å². The number of aromatic nitrogens is 4. The molecule has 0 saturated heterocycles. The largest absolute Gasteiger partial charge is 0.395 e. The number of sulfonamides is 1. The van der Waals surface area contributed by atoms with E-state index in [4.69, 9.17) is 5.11 Å². The smallest absolute Gasteiger partial charge is 0.240 e. The van der Waals surface area contributed by atoms with Gasteiger partial charge in [0.1, 0.15) is 0 Å². The molecule has 0 aliphatic rings. The molecule has 0 aliphatic carbocycles. The van der Waals surface area contributed by atoms with Crippen LogP contribution in [-0.2, 0) is 23.0 Å². The average Bonchev–Trinajstić information content (AvgIpc) is 3.15. The fourth-order valence-electron chi connectivity index (χ4n) is 2.52. The Hall–Kier alpha value is -2.62. The topological polar surface area (TPSA) is 110 Å². The van der Waals surface area contributed by atoms with Crippen molar-refractivity contribution in [3.05, 3.63) is 59.7 Å². The summed E-state index contributed by atoms with van der Waals surface area (Å²) in [6.45, 7) is 2.33. The summed E-state index contributed by atoms with van der Waals surface area (Å²) in [7, 11) is -3.63. The van der Waals surface area contributed by atoms with Gasteiger partial charge in [-0.15, -0.1) is 10.2 Å². The van der Waals surface area contributed by atoms with Gasteiger partial charge in [0.05, 0.1) is 18.0 Å². The second-order valence-corrected chi connectivity index (χ2v) is 7.73. The third kappa shape index (κ3) is 4.76. The van der Waals surface area contributed by atoms with Crippen molar-refractivity contribution < 1.29 is 13.5 Å². The molecule has 3 rings (SSSR count). The van der Waals surface area contributed by atoms with E-state index >= 15 is 0 Å². The van der Waals surface area contributed by atoms with Crippen LogP contribution in [0, 0.1) is 0 Å². The summed E-state index contributed by atoms with van der Waals surface area (Å²) < 4.78 is 26.3. The third-order valence-electron chi connectivity index (χ3n) is 4.03. The summed E-state index contributed by atoms with van der Waals surface area (Å²) in [6.07, 6.45) is 0.993. The molecule has 1 heterocycles. The van der Waals surface area contributed by atoms with E-state index in [1.807, 2.05) is 12.1 Å². The van der Waals surface area contributed by atoms with E-state index < -0.39 is 10.0 Å². The van der Waals surface area contributed by atoms with Crippen molar-refractivity contribution in [2.24, 2.45) is 0 Å². The molecule has 1 aromatic heterocycles. The predicted molar refractivity (Wildman–Crippen MR) is 100 cm³/mol. The first-order chi connectivity index (χ1) is 13.0. The standard InChI is InChI=1S/C18H21N5O3S/c1-2-14-3-5-15(6-4-14)13-23-21-18(20-22-23)16-7-9-17(10-8-16)27(25,26)19-11-12-24/h3-10,19,24H,2,11-13H2,1H3. The minimum atomic E-state index is -3.63. The molecule has 9 heteroatoms. The van der Waals surface area contributed by atoms with Gasteiger partial charge < -0.3 is 5.11 Å². The number of nitrogens with one attached hydrogen (secondary N) is 1. The first kappa shape index (κ1) is 19.2. The summed E-state index contributed by atoms with van der Waals surface area (Å²) in [5, 5.41) is 21.2. The van der Waals surface area contributed by atoms with E-state index in [0.29, 0.717) is 17.9 Å². The molecule has 0 saturated carbocycles. The Morgan fingerprint density at radius 1 is 1.04 bits per heavy atom. The van der Waals surface area contributed by atoms with E-state index in [-0.39, 0.29) is 18.0 Å². The number of tetrazole rings is 1. The van der Waals surface area contributed by atoms with Crippen molar-refractivity contribution in [1.29, 1.82) is 0 Å². The van der Waals surface area contributed by atoms with E-state index in [0.717, 1.165) is 12.0 Å². The lowest BCUT2D eigenvalue weighted by Gasteiger charge is -2.05. The Balaban J connectivity index is 1.72. The Labute approximate surface area is 157 Å². The van der Waals surface area contributed by atoms with Gasteiger partial charge in [-0.3, -0.25) is 0 Å². The van der Waals surface area contributed by atoms with Crippen LogP contribution in [0.15, 0.2) is 53.4 Å². The first-order valence-corrected chi connectivity index (χ1v) is 10.1. The van der Waals surface area contributed by atoms with Gasteiger partial charge in [-0.2, -0.15) is 4.80 Å². The lowest BCUT2D eigenvalue weighted by atomic mass is 10.1. The fourth-order valence-corrected chi connectivity index (χ4v) is 3.54. The van der Waals surface area contributed by atoms with Gasteiger partial charge in [-0.05, 0) is 47.0 Å². The molecule has 0 atom stereocenters. The number of nitrogens with zero attached hydrogens (tertiary/aromatic N) is 4. The zero-order valence-corrected chi connectivity index (χ0v) is 15.7. The van der Waals surface area contributed by atoms with Crippen LogP contribution in [0.3, 0.4) is 0 Å². The van der Waals surface area contributed by atoms with Crippen LogP contribution in [0.25, 0.3) is 11.4 Å². The Bertz CT molecular complexity index is 983. The lowest BCUT2D eigenvalue weighted by molar-refractivity contribution is 0.301. The van der Waals surface area contributed by atoms with Crippen molar-refractivity contribution in [2.75, 3.05) is 13.2 Å². The zero-order chi connectivity index (χ0) is 19.3. The lowest BCUT2D eigenvalue weighted by Crippen LogP contribution is -2.26. The average molecular weight is 387 g/mol. The van der Waals surface area contributed by atoms with Crippen molar-refractivity contribution in [3.63, 3.8) is 0 Å². The number of aliphatic hydroxyl groups is 1. The zero-order valence-electron chi connectivity index (χ0n) is 14.9. The van der Waals surface area contributed by atoms with Gasteiger partial charge in [0.25, 0.3) is 0 Å². The van der Waals surface area contributed by atoms with Crippen LogP contribution in [-0.4, -0.2) is 46.9 Å². The van der Waals surface area contributed by atoms with Gasteiger partial charge in [0.15, 0.2) is 0 Å².